The predicted octanol–water partition coefficient (Wildman–Crippen LogP) is 2.46. The van der Waals surface area contributed by atoms with Crippen LogP contribution < -0.4 is 0 Å². The summed E-state index contributed by atoms with van der Waals surface area (Å²) in [6, 6.07) is 2.07. The molecule has 0 amide bonds. The van der Waals surface area contributed by atoms with Crippen molar-refractivity contribution in [3.63, 3.8) is 0 Å². The first kappa shape index (κ1) is 12.5. The molecule has 0 radical (unpaired) electrons. The van der Waals surface area contributed by atoms with Gasteiger partial charge in [0.05, 0.1) is 6.10 Å². The molecule has 102 valence electrons. The van der Waals surface area contributed by atoms with E-state index in [4.69, 9.17) is 0 Å². The molecule has 2 heterocycles. The van der Waals surface area contributed by atoms with Gasteiger partial charge in [0.15, 0.2) is 0 Å². The number of aryl methyl sites for hydroxylation is 2. The van der Waals surface area contributed by atoms with Gasteiger partial charge in [0.1, 0.15) is 5.82 Å². The van der Waals surface area contributed by atoms with Crippen molar-refractivity contribution in [3.05, 3.63) is 41.7 Å². The molecular weight excluding hydrogens is 238 g/mol. The summed E-state index contributed by atoms with van der Waals surface area (Å²) < 4.78 is 2.27. The Morgan fingerprint density at radius 1 is 1.53 bits per heavy atom. The van der Waals surface area contributed by atoms with Crippen molar-refractivity contribution in [3.8, 4) is 0 Å². The number of aromatic nitrogens is 3. The molecule has 1 unspecified atom stereocenters. The molecule has 0 saturated carbocycles. The fourth-order valence-corrected chi connectivity index (χ4v) is 3.06. The van der Waals surface area contributed by atoms with Crippen LogP contribution in [0.3, 0.4) is 0 Å². The lowest BCUT2D eigenvalue weighted by Crippen LogP contribution is -2.27. The van der Waals surface area contributed by atoms with Gasteiger partial charge in [-0.2, -0.15) is 0 Å². The first-order chi connectivity index (χ1) is 9.05. The molecule has 0 fully saturated rings. The third-order valence-corrected chi connectivity index (χ3v) is 4.01. The van der Waals surface area contributed by atoms with Crippen molar-refractivity contribution in [1.29, 1.82) is 0 Å². The van der Waals surface area contributed by atoms with E-state index < -0.39 is 0 Å². The lowest BCUT2D eigenvalue weighted by Gasteiger charge is -2.34. The Hall–Kier alpha value is -1.55. The first-order valence-corrected chi connectivity index (χ1v) is 6.89. The molecule has 2 aromatic heterocycles. The Bertz CT molecular complexity index is 554. The fraction of sp³-hybridized carbons (Fsp3) is 0.533. The Morgan fingerprint density at radius 2 is 2.37 bits per heavy atom. The molecule has 1 atom stereocenters. The molecule has 3 rings (SSSR count). The summed E-state index contributed by atoms with van der Waals surface area (Å²) in [5.74, 6) is 1.01. The average Bonchev–Trinajstić information content (AvgIpc) is 2.93. The molecule has 0 aromatic carbocycles. The summed E-state index contributed by atoms with van der Waals surface area (Å²) >= 11 is 0. The van der Waals surface area contributed by atoms with Gasteiger partial charge in [0.25, 0.3) is 0 Å². The van der Waals surface area contributed by atoms with Gasteiger partial charge in [-0.25, -0.2) is 4.98 Å². The molecule has 0 saturated heterocycles. The number of aromatic amines is 1. The van der Waals surface area contributed by atoms with E-state index in [0.717, 1.165) is 37.2 Å². The number of aliphatic hydroxyl groups excluding tert-OH is 1. The van der Waals surface area contributed by atoms with E-state index in [1.807, 2.05) is 6.20 Å². The summed E-state index contributed by atoms with van der Waals surface area (Å²) in [6.07, 6.45) is 8.19. The van der Waals surface area contributed by atoms with Crippen LogP contribution in [0.2, 0.25) is 0 Å². The van der Waals surface area contributed by atoms with E-state index in [1.54, 1.807) is 6.20 Å². The quantitative estimate of drug-likeness (QED) is 0.889. The van der Waals surface area contributed by atoms with Crippen LogP contribution >= 0.6 is 0 Å². The second-order valence-electron chi connectivity index (χ2n) is 6.26. The smallest absolute Gasteiger partial charge is 0.107 e. The van der Waals surface area contributed by atoms with Crippen molar-refractivity contribution in [2.45, 2.75) is 45.8 Å². The van der Waals surface area contributed by atoms with Crippen molar-refractivity contribution >= 4 is 0 Å². The van der Waals surface area contributed by atoms with Crippen molar-refractivity contribution in [1.82, 2.24) is 14.5 Å². The number of hydrogen-bond acceptors (Lipinski definition) is 2. The third kappa shape index (κ3) is 2.45. The van der Waals surface area contributed by atoms with Crippen molar-refractivity contribution in [2.75, 3.05) is 0 Å². The average molecular weight is 259 g/mol. The highest BCUT2D eigenvalue weighted by molar-refractivity contribution is 5.29. The molecule has 0 aliphatic heterocycles. The number of aliphatic hydroxyl groups is 1. The fourth-order valence-electron chi connectivity index (χ4n) is 3.06. The zero-order valence-electron chi connectivity index (χ0n) is 11.6. The minimum Gasteiger partial charge on any atom is -0.388 e. The Kier molecular flexibility index (Phi) is 2.97. The SMILES string of the molecule is CC1(C)Cc2c(ccn2CCc2ncc[nH]2)C(O)C1. The van der Waals surface area contributed by atoms with E-state index in [2.05, 4.69) is 40.6 Å². The van der Waals surface area contributed by atoms with Crippen LogP contribution in [0.4, 0.5) is 0 Å². The van der Waals surface area contributed by atoms with Gasteiger partial charge in [0, 0.05) is 42.8 Å². The topological polar surface area (TPSA) is 53.8 Å². The van der Waals surface area contributed by atoms with Crippen LogP contribution in [0, 0.1) is 5.41 Å². The number of H-pyrrole nitrogens is 1. The second-order valence-corrected chi connectivity index (χ2v) is 6.26. The molecular formula is C15H21N3O. The minimum absolute atomic E-state index is 0.174. The van der Waals surface area contributed by atoms with Crippen LogP contribution in [0.25, 0.3) is 0 Å². The van der Waals surface area contributed by atoms with Crippen LogP contribution in [-0.4, -0.2) is 19.6 Å². The molecule has 4 nitrogen and oxygen atoms in total. The lowest BCUT2D eigenvalue weighted by molar-refractivity contribution is 0.0979. The van der Waals surface area contributed by atoms with Crippen LogP contribution in [0.1, 0.15) is 43.5 Å². The lowest BCUT2D eigenvalue weighted by atomic mass is 9.75. The van der Waals surface area contributed by atoms with E-state index >= 15 is 0 Å². The number of imidazole rings is 1. The number of hydrogen-bond donors (Lipinski definition) is 2. The van der Waals surface area contributed by atoms with Crippen LogP contribution in [0.5, 0.6) is 0 Å². The molecule has 0 spiro atoms. The van der Waals surface area contributed by atoms with Crippen LogP contribution in [-0.2, 0) is 19.4 Å². The third-order valence-electron chi connectivity index (χ3n) is 4.01. The molecule has 1 aliphatic carbocycles. The molecule has 1 aliphatic rings. The minimum atomic E-state index is -0.316. The zero-order valence-corrected chi connectivity index (χ0v) is 11.6. The standard InChI is InChI=1S/C15H21N3O/c1-15(2)9-12-11(13(19)10-15)3-7-18(12)8-4-14-16-5-6-17-14/h3,5-7,13,19H,4,8-10H2,1-2H3,(H,16,17). The highest BCUT2D eigenvalue weighted by Crippen LogP contribution is 2.41. The number of rotatable bonds is 3. The summed E-state index contributed by atoms with van der Waals surface area (Å²) in [7, 11) is 0. The summed E-state index contributed by atoms with van der Waals surface area (Å²) in [5, 5.41) is 10.2. The molecule has 19 heavy (non-hydrogen) atoms. The largest absolute Gasteiger partial charge is 0.388 e. The molecule has 0 bridgehead atoms. The monoisotopic (exact) mass is 259 g/mol. The van der Waals surface area contributed by atoms with E-state index in [-0.39, 0.29) is 11.5 Å². The maximum Gasteiger partial charge on any atom is 0.107 e. The normalized spacial score (nSPS) is 21.3. The maximum atomic E-state index is 10.2. The van der Waals surface area contributed by atoms with Gasteiger partial charge in [-0.3, -0.25) is 0 Å². The first-order valence-electron chi connectivity index (χ1n) is 6.89. The van der Waals surface area contributed by atoms with E-state index in [0.29, 0.717) is 0 Å². The second kappa shape index (κ2) is 4.53. The summed E-state index contributed by atoms with van der Waals surface area (Å²) in [6.45, 7) is 5.36. The molecule has 2 N–H and O–H groups in total. The zero-order chi connectivity index (χ0) is 13.5. The number of fused-ring (bicyclic) bond motifs is 1. The van der Waals surface area contributed by atoms with Crippen LogP contribution in [0.15, 0.2) is 24.7 Å². The van der Waals surface area contributed by atoms with E-state index in [1.165, 1.54) is 5.69 Å². The molecule has 4 heteroatoms. The van der Waals surface area contributed by atoms with Crippen molar-refractivity contribution < 1.29 is 5.11 Å². The Morgan fingerprint density at radius 3 is 3.11 bits per heavy atom. The highest BCUT2D eigenvalue weighted by atomic mass is 16.3. The number of nitrogens with one attached hydrogen (secondary N) is 1. The van der Waals surface area contributed by atoms with Crippen molar-refractivity contribution in [2.24, 2.45) is 5.41 Å². The summed E-state index contributed by atoms with van der Waals surface area (Å²) in [5.41, 5.74) is 2.57. The highest BCUT2D eigenvalue weighted by Gasteiger charge is 2.33. The van der Waals surface area contributed by atoms with Gasteiger partial charge in [0.2, 0.25) is 0 Å². The Labute approximate surface area is 113 Å². The van der Waals surface area contributed by atoms with Gasteiger partial charge >= 0.3 is 0 Å². The molecule has 2 aromatic rings. The van der Waals surface area contributed by atoms with Gasteiger partial charge in [-0.1, -0.05) is 13.8 Å². The van der Waals surface area contributed by atoms with Gasteiger partial charge < -0.3 is 14.7 Å². The van der Waals surface area contributed by atoms with Gasteiger partial charge in [-0.15, -0.1) is 0 Å². The Balaban J connectivity index is 1.80. The number of nitrogens with zero attached hydrogens (tertiary/aromatic N) is 2. The maximum absolute atomic E-state index is 10.2. The predicted molar refractivity (Wildman–Crippen MR) is 73.8 cm³/mol. The van der Waals surface area contributed by atoms with E-state index in [9.17, 15) is 5.11 Å². The summed E-state index contributed by atoms with van der Waals surface area (Å²) in [4.78, 5) is 7.38. The van der Waals surface area contributed by atoms with Gasteiger partial charge in [-0.05, 0) is 24.3 Å².